The van der Waals surface area contributed by atoms with Gasteiger partial charge in [-0.15, -0.1) is 0 Å². The highest BCUT2D eigenvalue weighted by Gasteiger charge is 2.15. The van der Waals surface area contributed by atoms with Gasteiger partial charge >= 0.3 is 5.97 Å². The summed E-state index contributed by atoms with van der Waals surface area (Å²) in [6, 6.07) is 7.14. The van der Waals surface area contributed by atoms with Gasteiger partial charge in [0.05, 0.1) is 23.7 Å². The van der Waals surface area contributed by atoms with Crippen molar-refractivity contribution in [1.29, 1.82) is 5.26 Å². The lowest BCUT2D eigenvalue weighted by Crippen LogP contribution is -2.08. The smallest absolute Gasteiger partial charge is 0.335 e. The fourth-order valence-electron chi connectivity index (χ4n) is 1.80. The molecule has 0 aliphatic rings. The molecule has 0 unspecified atom stereocenters. The first-order valence-electron chi connectivity index (χ1n) is 6.74. The van der Waals surface area contributed by atoms with Crippen LogP contribution in [-0.2, 0) is 0 Å². The lowest BCUT2D eigenvalue weighted by atomic mass is 9.89. The minimum Gasteiger partial charge on any atom is -0.493 e. The minimum atomic E-state index is -0.953. The van der Waals surface area contributed by atoms with Crippen molar-refractivity contribution in [3.05, 3.63) is 29.3 Å². The number of ether oxygens (including phenoxy) is 1. The lowest BCUT2D eigenvalue weighted by molar-refractivity contribution is 0.0696. The van der Waals surface area contributed by atoms with E-state index in [0.29, 0.717) is 12.4 Å². The molecule has 0 heterocycles. The number of hydrogen-bond donors (Lipinski definition) is 1. The monoisotopic (exact) mass is 275 g/mol. The molecule has 0 bridgehead atoms. The molecule has 0 spiro atoms. The van der Waals surface area contributed by atoms with Crippen LogP contribution in [0.3, 0.4) is 0 Å². The summed E-state index contributed by atoms with van der Waals surface area (Å²) in [6.45, 7) is 6.27. The van der Waals surface area contributed by atoms with Crippen molar-refractivity contribution in [2.45, 2.75) is 40.0 Å². The topological polar surface area (TPSA) is 70.3 Å². The normalized spacial score (nSPS) is 10.9. The van der Waals surface area contributed by atoms with Gasteiger partial charge in [-0.1, -0.05) is 6.07 Å². The highest BCUT2D eigenvalue weighted by atomic mass is 16.5. The van der Waals surface area contributed by atoms with E-state index in [-0.39, 0.29) is 11.0 Å². The largest absolute Gasteiger partial charge is 0.493 e. The van der Waals surface area contributed by atoms with Crippen LogP contribution in [0.1, 0.15) is 49.0 Å². The van der Waals surface area contributed by atoms with Gasteiger partial charge in [0, 0.05) is 0 Å². The number of carboxylic acids is 1. The van der Waals surface area contributed by atoms with Crippen LogP contribution in [0.25, 0.3) is 0 Å². The average molecular weight is 275 g/mol. The molecule has 0 amide bonds. The Morgan fingerprint density at radius 1 is 1.40 bits per heavy atom. The molecule has 1 aromatic carbocycles. The second-order valence-corrected chi connectivity index (χ2v) is 5.59. The number of rotatable bonds is 7. The quantitative estimate of drug-likeness (QED) is 0.768. The Hall–Kier alpha value is -2.02. The second-order valence-electron chi connectivity index (χ2n) is 5.59. The molecule has 0 atom stereocenters. The van der Waals surface area contributed by atoms with E-state index in [1.54, 1.807) is 18.2 Å². The zero-order valence-corrected chi connectivity index (χ0v) is 12.3. The number of aryl methyl sites for hydroxylation is 1. The number of hydrogen-bond acceptors (Lipinski definition) is 3. The van der Waals surface area contributed by atoms with Gasteiger partial charge in [-0.05, 0) is 57.7 Å². The minimum absolute atomic E-state index is 0.233. The molecule has 4 heteroatoms. The summed E-state index contributed by atoms with van der Waals surface area (Å²) < 4.78 is 5.63. The molecular weight excluding hydrogens is 254 g/mol. The summed E-state index contributed by atoms with van der Waals surface area (Å²) in [7, 11) is 0. The number of aromatic carboxylic acids is 1. The second kappa shape index (κ2) is 6.95. The zero-order chi connectivity index (χ0) is 15.2. The zero-order valence-electron chi connectivity index (χ0n) is 12.3. The van der Waals surface area contributed by atoms with E-state index in [0.717, 1.165) is 24.8 Å². The fraction of sp³-hybridized carbons (Fsp3) is 0.500. The van der Waals surface area contributed by atoms with E-state index in [1.165, 1.54) is 0 Å². The summed E-state index contributed by atoms with van der Waals surface area (Å²) in [5, 5.41) is 17.9. The van der Waals surface area contributed by atoms with Gasteiger partial charge in [-0.3, -0.25) is 0 Å². The molecular formula is C16H21NO3. The summed E-state index contributed by atoms with van der Waals surface area (Å²) >= 11 is 0. The summed E-state index contributed by atoms with van der Waals surface area (Å²) in [5.41, 5.74) is 0.864. The van der Waals surface area contributed by atoms with Crippen LogP contribution in [0, 0.1) is 23.7 Å². The molecule has 1 rings (SSSR count). The number of benzene rings is 1. The van der Waals surface area contributed by atoms with Crippen molar-refractivity contribution in [2.75, 3.05) is 6.61 Å². The molecule has 0 aliphatic carbocycles. The van der Waals surface area contributed by atoms with Gasteiger partial charge < -0.3 is 9.84 Å². The van der Waals surface area contributed by atoms with Crippen molar-refractivity contribution in [3.8, 4) is 11.8 Å². The molecule has 0 saturated carbocycles. The first kappa shape index (κ1) is 16.0. The Morgan fingerprint density at radius 2 is 2.10 bits per heavy atom. The standard InChI is InChI=1S/C16H21NO3/c1-12-6-7-13(15(18)19)10-14(12)20-9-5-4-8-16(2,3)11-17/h6-7,10H,4-5,8-9H2,1-3H3,(H,18,19). The van der Waals surface area contributed by atoms with E-state index in [4.69, 9.17) is 15.1 Å². The summed E-state index contributed by atoms with van der Waals surface area (Å²) in [5.74, 6) is -0.338. The predicted octanol–water partition coefficient (Wildman–Crippen LogP) is 3.79. The molecule has 0 radical (unpaired) electrons. The van der Waals surface area contributed by atoms with Crippen molar-refractivity contribution >= 4 is 5.97 Å². The number of carbonyl (C=O) groups is 1. The van der Waals surface area contributed by atoms with Crippen LogP contribution < -0.4 is 4.74 Å². The Kier molecular flexibility index (Phi) is 5.57. The van der Waals surface area contributed by atoms with Crippen LogP contribution in [0.2, 0.25) is 0 Å². The van der Waals surface area contributed by atoms with Crippen LogP contribution in [-0.4, -0.2) is 17.7 Å². The fourth-order valence-corrected chi connectivity index (χ4v) is 1.80. The first-order valence-corrected chi connectivity index (χ1v) is 6.74. The number of nitriles is 1. The molecule has 108 valence electrons. The molecule has 0 saturated heterocycles. The molecule has 1 aromatic rings. The third-order valence-corrected chi connectivity index (χ3v) is 3.19. The Bertz CT molecular complexity index is 515. The Balaban J connectivity index is 2.45. The van der Waals surface area contributed by atoms with Crippen molar-refractivity contribution in [3.63, 3.8) is 0 Å². The van der Waals surface area contributed by atoms with Crippen molar-refractivity contribution < 1.29 is 14.6 Å². The van der Waals surface area contributed by atoms with Gasteiger partial charge in [0.1, 0.15) is 5.75 Å². The first-order chi connectivity index (χ1) is 9.35. The SMILES string of the molecule is Cc1ccc(C(=O)O)cc1OCCCCC(C)(C)C#N. The summed E-state index contributed by atoms with van der Waals surface area (Å²) in [6.07, 6.45) is 2.60. The highest BCUT2D eigenvalue weighted by molar-refractivity contribution is 5.88. The number of unbranched alkanes of at least 4 members (excludes halogenated alkanes) is 1. The van der Waals surface area contributed by atoms with E-state index in [2.05, 4.69) is 6.07 Å². The van der Waals surface area contributed by atoms with E-state index >= 15 is 0 Å². The van der Waals surface area contributed by atoms with Crippen LogP contribution >= 0.6 is 0 Å². The average Bonchev–Trinajstić information content (AvgIpc) is 2.40. The van der Waals surface area contributed by atoms with Crippen molar-refractivity contribution in [1.82, 2.24) is 0 Å². The predicted molar refractivity (Wildman–Crippen MR) is 76.9 cm³/mol. The van der Waals surface area contributed by atoms with Crippen molar-refractivity contribution in [2.24, 2.45) is 5.41 Å². The Labute approximate surface area is 120 Å². The summed E-state index contributed by atoms with van der Waals surface area (Å²) in [4.78, 5) is 10.9. The van der Waals surface area contributed by atoms with Crippen LogP contribution in [0.5, 0.6) is 5.75 Å². The molecule has 4 nitrogen and oxygen atoms in total. The molecule has 0 aromatic heterocycles. The van der Waals surface area contributed by atoms with Gasteiger partial charge in [-0.2, -0.15) is 5.26 Å². The van der Waals surface area contributed by atoms with Gasteiger partial charge in [0.25, 0.3) is 0 Å². The Morgan fingerprint density at radius 3 is 2.70 bits per heavy atom. The third-order valence-electron chi connectivity index (χ3n) is 3.19. The third kappa shape index (κ3) is 4.93. The molecule has 1 N–H and O–H groups in total. The van der Waals surface area contributed by atoms with Crippen LogP contribution in [0.4, 0.5) is 0 Å². The van der Waals surface area contributed by atoms with Gasteiger partial charge in [0.15, 0.2) is 0 Å². The van der Waals surface area contributed by atoms with E-state index in [9.17, 15) is 4.79 Å². The maximum Gasteiger partial charge on any atom is 0.335 e. The number of carboxylic acid groups (broad SMARTS) is 1. The molecule has 20 heavy (non-hydrogen) atoms. The van der Waals surface area contributed by atoms with Gasteiger partial charge in [0.2, 0.25) is 0 Å². The highest BCUT2D eigenvalue weighted by Crippen LogP contribution is 2.23. The van der Waals surface area contributed by atoms with E-state index in [1.807, 2.05) is 20.8 Å². The van der Waals surface area contributed by atoms with E-state index < -0.39 is 5.97 Å². The van der Waals surface area contributed by atoms with Crippen LogP contribution in [0.15, 0.2) is 18.2 Å². The number of nitrogens with zero attached hydrogens (tertiary/aromatic N) is 1. The lowest BCUT2D eigenvalue weighted by Gasteiger charge is -2.15. The van der Waals surface area contributed by atoms with Gasteiger partial charge in [-0.25, -0.2) is 4.79 Å². The molecule has 0 aliphatic heterocycles. The molecule has 0 fully saturated rings. The maximum absolute atomic E-state index is 10.9. The maximum atomic E-state index is 10.9.